The largest absolute Gasteiger partial charge is 0.353 e. The van der Waals surface area contributed by atoms with Crippen LogP contribution in [0.4, 0.5) is 0 Å². The second-order valence-electron chi connectivity index (χ2n) is 4.42. The Morgan fingerprint density at radius 2 is 2.14 bits per heavy atom. The second-order valence-corrected chi connectivity index (χ2v) is 4.42. The van der Waals surface area contributed by atoms with Gasteiger partial charge in [0.1, 0.15) is 0 Å². The number of piperazine rings is 1. The lowest BCUT2D eigenvalue weighted by Crippen LogP contribution is -2.63. The van der Waals surface area contributed by atoms with E-state index in [1.54, 1.807) is 0 Å². The topological polar surface area (TPSA) is 44.4 Å². The summed E-state index contributed by atoms with van der Waals surface area (Å²) in [5.41, 5.74) is -0.261. The maximum atomic E-state index is 11.8. The Morgan fingerprint density at radius 3 is 2.93 bits per heavy atom. The zero-order valence-corrected chi connectivity index (χ0v) is 8.81. The van der Waals surface area contributed by atoms with Crippen molar-refractivity contribution in [2.75, 3.05) is 33.2 Å². The lowest BCUT2D eigenvalue weighted by atomic mass is 9.88. The van der Waals surface area contributed by atoms with Gasteiger partial charge in [-0.3, -0.25) is 4.79 Å². The lowest BCUT2D eigenvalue weighted by molar-refractivity contribution is -0.129. The standard InChI is InChI=1S/C10H19N3O/c1-13-7-2-3-10(4-8-13)9(14)11-5-6-12-10/h12H,2-8H2,1H3,(H,11,14). The van der Waals surface area contributed by atoms with E-state index < -0.39 is 0 Å². The number of likely N-dealkylation sites (tertiary alicyclic amines) is 1. The Balaban J connectivity index is 2.08. The van der Waals surface area contributed by atoms with Crippen molar-refractivity contribution in [3.05, 3.63) is 0 Å². The van der Waals surface area contributed by atoms with E-state index in [-0.39, 0.29) is 11.4 Å². The van der Waals surface area contributed by atoms with E-state index >= 15 is 0 Å². The lowest BCUT2D eigenvalue weighted by Gasteiger charge is -2.36. The molecular formula is C10H19N3O. The van der Waals surface area contributed by atoms with Gasteiger partial charge in [0.15, 0.2) is 0 Å². The average molecular weight is 197 g/mol. The van der Waals surface area contributed by atoms with E-state index in [9.17, 15) is 4.79 Å². The van der Waals surface area contributed by atoms with Gasteiger partial charge in [-0.25, -0.2) is 0 Å². The normalized spacial score (nSPS) is 35.4. The highest BCUT2D eigenvalue weighted by Gasteiger charge is 2.40. The van der Waals surface area contributed by atoms with Crippen LogP contribution in [0.3, 0.4) is 0 Å². The number of nitrogens with zero attached hydrogens (tertiary/aromatic N) is 1. The van der Waals surface area contributed by atoms with E-state index in [4.69, 9.17) is 0 Å². The molecule has 14 heavy (non-hydrogen) atoms. The quantitative estimate of drug-likeness (QED) is 0.553. The first-order valence-corrected chi connectivity index (χ1v) is 5.45. The van der Waals surface area contributed by atoms with Crippen LogP contribution in [0.2, 0.25) is 0 Å². The Bertz CT molecular complexity index is 231. The van der Waals surface area contributed by atoms with Crippen molar-refractivity contribution in [1.29, 1.82) is 0 Å². The SMILES string of the molecule is CN1CCCC2(CC1)NCCNC2=O. The molecule has 0 radical (unpaired) electrons. The number of rotatable bonds is 0. The summed E-state index contributed by atoms with van der Waals surface area (Å²) in [6, 6.07) is 0. The van der Waals surface area contributed by atoms with Crippen LogP contribution in [0.25, 0.3) is 0 Å². The number of nitrogens with one attached hydrogen (secondary N) is 2. The third-order valence-electron chi connectivity index (χ3n) is 3.37. The molecule has 0 aliphatic carbocycles. The average Bonchev–Trinajstić information content (AvgIpc) is 2.36. The van der Waals surface area contributed by atoms with Crippen LogP contribution in [0.1, 0.15) is 19.3 Å². The van der Waals surface area contributed by atoms with Crippen molar-refractivity contribution in [3.63, 3.8) is 0 Å². The van der Waals surface area contributed by atoms with Gasteiger partial charge in [0.2, 0.25) is 5.91 Å². The number of carbonyl (C=O) groups excluding carboxylic acids is 1. The summed E-state index contributed by atoms with van der Waals surface area (Å²) in [6.45, 7) is 3.81. The number of hydrogen-bond donors (Lipinski definition) is 2. The van der Waals surface area contributed by atoms with Crippen LogP contribution in [0, 0.1) is 0 Å². The molecule has 2 N–H and O–H groups in total. The minimum atomic E-state index is -0.261. The molecule has 4 nitrogen and oxygen atoms in total. The molecule has 1 spiro atoms. The van der Waals surface area contributed by atoms with E-state index in [1.807, 2.05) is 0 Å². The maximum Gasteiger partial charge on any atom is 0.240 e. The third kappa shape index (κ3) is 1.77. The Hall–Kier alpha value is -0.610. The van der Waals surface area contributed by atoms with Gasteiger partial charge < -0.3 is 15.5 Å². The highest BCUT2D eigenvalue weighted by atomic mass is 16.2. The fourth-order valence-corrected chi connectivity index (χ4v) is 2.40. The second kappa shape index (κ2) is 3.87. The zero-order chi connectivity index (χ0) is 10.0. The van der Waals surface area contributed by atoms with Crippen LogP contribution in [0.5, 0.6) is 0 Å². The van der Waals surface area contributed by atoms with Gasteiger partial charge in [-0.2, -0.15) is 0 Å². The first-order chi connectivity index (χ1) is 6.73. The number of hydrogen-bond acceptors (Lipinski definition) is 3. The summed E-state index contributed by atoms with van der Waals surface area (Å²) in [5, 5.41) is 6.37. The smallest absolute Gasteiger partial charge is 0.240 e. The van der Waals surface area contributed by atoms with Crippen molar-refractivity contribution in [2.24, 2.45) is 0 Å². The molecule has 2 fully saturated rings. The predicted molar refractivity (Wildman–Crippen MR) is 55.1 cm³/mol. The Labute approximate surface area is 85.0 Å². The Kier molecular flexibility index (Phi) is 2.74. The number of carbonyl (C=O) groups is 1. The van der Waals surface area contributed by atoms with Crippen molar-refractivity contribution < 1.29 is 4.79 Å². The summed E-state index contributed by atoms with van der Waals surface area (Å²) in [6.07, 6.45) is 3.02. The molecule has 2 aliphatic heterocycles. The maximum absolute atomic E-state index is 11.8. The Morgan fingerprint density at radius 1 is 1.29 bits per heavy atom. The summed E-state index contributed by atoms with van der Waals surface area (Å²) >= 11 is 0. The van der Waals surface area contributed by atoms with E-state index in [2.05, 4.69) is 22.6 Å². The molecule has 0 aromatic carbocycles. The zero-order valence-electron chi connectivity index (χ0n) is 8.81. The molecule has 1 unspecified atom stereocenters. The molecule has 80 valence electrons. The van der Waals surface area contributed by atoms with Crippen LogP contribution >= 0.6 is 0 Å². The van der Waals surface area contributed by atoms with Gasteiger partial charge in [-0.15, -0.1) is 0 Å². The van der Waals surface area contributed by atoms with Crippen molar-refractivity contribution >= 4 is 5.91 Å². The molecule has 2 rings (SSSR count). The van der Waals surface area contributed by atoms with Gasteiger partial charge in [0.05, 0.1) is 5.54 Å². The minimum Gasteiger partial charge on any atom is -0.353 e. The summed E-state index contributed by atoms with van der Waals surface area (Å²) in [5.74, 6) is 0.207. The third-order valence-corrected chi connectivity index (χ3v) is 3.37. The first kappa shape index (κ1) is 9.93. The van der Waals surface area contributed by atoms with Crippen molar-refractivity contribution in [2.45, 2.75) is 24.8 Å². The highest BCUT2D eigenvalue weighted by Crippen LogP contribution is 2.23. The van der Waals surface area contributed by atoms with E-state index in [1.165, 1.54) is 0 Å². The molecule has 2 saturated heterocycles. The molecule has 1 atom stereocenters. The summed E-state index contributed by atoms with van der Waals surface area (Å²) in [4.78, 5) is 14.1. The van der Waals surface area contributed by atoms with Gasteiger partial charge >= 0.3 is 0 Å². The van der Waals surface area contributed by atoms with E-state index in [0.717, 1.165) is 45.4 Å². The molecule has 0 aromatic heterocycles. The van der Waals surface area contributed by atoms with Gasteiger partial charge in [-0.05, 0) is 32.9 Å². The molecule has 1 amide bonds. The fraction of sp³-hybridized carbons (Fsp3) is 0.900. The minimum absolute atomic E-state index is 0.207. The summed E-state index contributed by atoms with van der Waals surface area (Å²) < 4.78 is 0. The van der Waals surface area contributed by atoms with Crippen LogP contribution in [-0.2, 0) is 4.79 Å². The number of amides is 1. The predicted octanol–water partition coefficient (Wildman–Crippen LogP) is -0.440. The molecule has 0 bridgehead atoms. The van der Waals surface area contributed by atoms with Crippen molar-refractivity contribution in [1.82, 2.24) is 15.5 Å². The van der Waals surface area contributed by atoms with E-state index in [0.29, 0.717) is 0 Å². The molecule has 4 heteroatoms. The van der Waals surface area contributed by atoms with Crippen LogP contribution in [-0.4, -0.2) is 49.6 Å². The molecule has 2 heterocycles. The molecule has 0 aromatic rings. The molecule has 2 aliphatic rings. The monoisotopic (exact) mass is 197 g/mol. The fourth-order valence-electron chi connectivity index (χ4n) is 2.40. The molecule has 0 saturated carbocycles. The molecular weight excluding hydrogens is 178 g/mol. The van der Waals surface area contributed by atoms with Crippen LogP contribution < -0.4 is 10.6 Å². The summed E-state index contributed by atoms with van der Waals surface area (Å²) in [7, 11) is 2.12. The van der Waals surface area contributed by atoms with Gasteiger partial charge in [0, 0.05) is 19.6 Å². The van der Waals surface area contributed by atoms with Crippen LogP contribution in [0.15, 0.2) is 0 Å². The first-order valence-electron chi connectivity index (χ1n) is 5.45. The van der Waals surface area contributed by atoms with Gasteiger partial charge in [0.25, 0.3) is 0 Å². The highest BCUT2D eigenvalue weighted by molar-refractivity contribution is 5.87. The van der Waals surface area contributed by atoms with Crippen molar-refractivity contribution in [3.8, 4) is 0 Å². The van der Waals surface area contributed by atoms with Gasteiger partial charge in [-0.1, -0.05) is 0 Å².